The highest BCUT2D eigenvalue weighted by atomic mass is 35.5. The molecule has 15 heavy (non-hydrogen) atoms. The number of hydrogen-bond acceptors (Lipinski definition) is 3. The Bertz CT molecular complexity index is 381. The fourth-order valence-electron chi connectivity index (χ4n) is 0.968. The molecule has 1 rings (SSSR count). The van der Waals surface area contributed by atoms with Gasteiger partial charge in [0.25, 0.3) is 0 Å². The summed E-state index contributed by atoms with van der Waals surface area (Å²) in [6.07, 6.45) is -0.316. The smallest absolute Gasteiger partial charge is 0.243 e. The molecule has 4 N–H and O–H groups in total. The molecule has 0 spiro atoms. The predicted molar refractivity (Wildman–Crippen MR) is 57.0 cm³/mol. The van der Waals surface area contributed by atoms with E-state index >= 15 is 0 Å². The molecule has 1 aromatic carbocycles. The van der Waals surface area contributed by atoms with Gasteiger partial charge in [-0.05, 0) is 18.2 Å². The highest BCUT2D eigenvalue weighted by Gasteiger charge is 2.07. The highest BCUT2D eigenvalue weighted by Crippen LogP contribution is 2.14. The van der Waals surface area contributed by atoms with E-state index in [1.54, 1.807) is 24.3 Å². The number of rotatable bonds is 3. The van der Waals surface area contributed by atoms with Gasteiger partial charge in [-0.15, -0.1) is 0 Å². The van der Waals surface area contributed by atoms with Crippen LogP contribution in [0.3, 0.4) is 0 Å². The second-order valence-corrected chi connectivity index (χ2v) is 3.24. The molecule has 0 aromatic heterocycles. The number of carbonyl (C=O) groups excluding carboxylic acids is 2. The van der Waals surface area contributed by atoms with Crippen molar-refractivity contribution in [3.8, 4) is 0 Å². The van der Waals surface area contributed by atoms with Gasteiger partial charge in [-0.2, -0.15) is 0 Å². The number of hydrazine groups is 1. The number of anilines is 1. The van der Waals surface area contributed by atoms with Crippen LogP contribution in [0.2, 0.25) is 5.02 Å². The van der Waals surface area contributed by atoms with Crippen molar-refractivity contribution < 1.29 is 9.59 Å². The average Bonchev–Trinajstić information content (AvgIpc) is 2.17. The van der Waals surface area contributed by atoms with Gasteiger partial charge >= 0.3 is 0 Å². The van der Waals surface area contributed by atoms with Gasteiger partial charge < -0.3 is 5.32 Å². The van der Waals surface area contributed by atoms with Gasteiger partial charge in [-0.3, -0.25) is 15.0 Å². The third kappa shape index (κ3) is 3.97. The van der Waals surface area contributed by atoms with Crippen molar-refractivity contribution in [3.05, 3.63) is 29.3 Å². The Labute approximate surface area is 91.6 Å². The predicted octanol–water partition coefficient (Wildman–Crippen LogP) is 0.658. The van der Waals surface area contributed by atoms with Crippen molar-refractivity contribution >= 4 is 29.1 Å². The molecule has 5 nitrogen and oxygen atoms in total. The minimum Gasteiger partial charge on any atom is -0.326 e. The molecule has 0 bridgehead atoms. The molecule has 0 atom stereocenters. The van der Waals surface area contributed by atoms with Crippen LogP contribution in [0.25, 0.3) is 0 Å². The normalized spacial score (nSPS) is 9.47. The van der Waals surface area contributed by atoms with E-state index in [9.17, 15) is 9.59 Å². The summed E-state index contributed by atoms with van der Waals surface area (Å²) in [7, 11) is 0. The Hall–Kier alpha value is -1.59. The van der Waals surface area contributed by atoms with Crippen LogP contribution in [0.1, 0.15) is 6.42 Å². The zero-order chi connectivity index (χ0) is 11.3. The molecule has 0 heterocycles. The van der Waals surface area contributed by atoms with Crippen molar-refractivity contribution in [1.29, 1.82) is 0 Å². The minimum absolute atomic E-state index is 0.316. The molecule has 0 aliphatic rings. The summed E-state index contributed by atoms with van der Waals surface area (Å²) in [5, 5.41) is 3.02. The van der Waals surface area contributed by atoms with Crippen molar-refractivity contribution in [2.24, 2.45) is 5.84 Å². The lowest BCUT2D eigenvalue weighted by atomic mass is 10.3. The zero-order valence-electron chi connectivity index (χ0n) is 7.79. The summed E-state index contributed by atoms with van der Waals surface area (Å²) in [5.74, 6) is 3.85. The monoisotopic (exact) mass is 227 g/mol. The molecule has 0 unspecified atom stereocenters. The lowest BCUT2D eigenvalue weighted by Crippen LogP contribution is -2.33. The molecule has 0 aliphatic heterocycles. The molecule has 2 amide bonds. The van der Waals surface area contributed by atoms with E-state index < -0.39 is 11.8 Å². The SMILES string of the molecule is NNC(=O)CC(=O)Nc1cccc(Cl)c1. The summed E-state index contributed by atoms with van der Waals surface area (Å²) in [5.41, 5.74) is 2.41. The standard InChI is InChI=1S/C9H10ClN3O2/c10-6-2-1-3-7(4-6)12-8(14)5-9(15)13-11/h1-4H,5,11H2,(H,12,14)(H,13,15). The maximum atomic E-state index is 11.2. The fraction of sp³-hybridized carbons (Fsp3) is 0.111. The van der Waals surface area contributed by atoms with Gasteiger partial charge in [-0.1, -0.05) is 17.7 Å². The average molecular weight is 228 g/mol. The van der Waals surface area contributed by atoms with Gasteiger partial charge in [-0.25, -0.2) is 5.84 Å². The number of hydrogen-bond donors (Lipinski definition) is 3. The maximum Gasteiger partial charge on any atom is 0.243 e. The summed E-state index contributed by atoms with van der Waals surface area (Å²) in [4.78, 5) is 22.0. The second-order valence-electron chi connectivity index (χ2n) is 2.80. The van der Waals surface area contributed by atoms with Gasteiger partial charge in [0.2, 0.25) is 11.8 Å². The quantitative estimate of drug-likeness (QED) is 0.307. The third-order valence-electron chi connectivity index (χ3n) is 1.59. The molecule has 1 aromatic rings. The van der Waals surface area contributed by atoms with Gasteiger partial charge in [0, 0.05) is 10.7 Å². The van der Waals surface area contributed by atoms with Crippen LogP contribution < -0.4 is 16.6 Å². The number of carbonyl (C=O) groups is 2. The summed E-state index contributed by atoms with van der Waals surface area (Å²) < 4.78 is 0. The van der Waals surface area contributed by atoms with Gasteiger partial charge in [0.05, 0.1) is 0 Å². The molecule has 0 saturated heterocycles. The summed E-state index contributed by atoms with van der Waals surface area (Å²) in [6, 6.07) is 6.63. The van der Waals surface area contributed by atoms with Crippen LogP contribution in [0, 0.1) is 0 Å². The maximum absolute atomic E-state index is 11.2. The van der Waals surface area contributed by atoms with Gasteiger partial charge in [0.15, 0.2) is 0 Å². The molecule has 6 heteroatoms. The first-order valence-corrected chi connectivity index (χ1v) is 4.54. The second kappa shape index (κ2) is 5.33. The molecule has 0 saturated carbocycles. The van der Waals surface area contributed by atoms with Crippen LogP contribution in [0.5, 0.6) is 0 Å². The van der Waals surface area contributed by atoms with Crippen LogP contribution in [-0.2, 0) is 9.59 Å². The fourth-order valence-corrected chi connectivity index (χ4v) is 1.16. The summed E-state index contributed by atoms with van der Waals surface area (Å²) in [6.45, 7) is 0. The van der Waals surface area contributed by atoms with Gasteiger partial charge in [0.1, 0.15) is 6.42 Å². The largest absolute Gasteiger partial charge is 0.326 e. The van der Waals surface area contributed by atoms with E-state index in [0.717, 1.165) is 0 Å². The van der Waals surface area contributed by atoms with Crippen molar-refractivity contribution in [1.82, 2.24) is 5.43 Å². The van der Waals surface area contributed by atoms with E-state index in [4.69, 9.17) is 17.4 Å². The van der Waals surface area contributed by atoms with Crippen molar-refractivity contribution in [2.75, 3.05) is 5.32 Å². The first-order chi connectivity index (χ1) is 7.11. The van der Waals surface area contributed by atoms with Crippen LogP contribution in [-0.4, -0.2) is 11.8 Å². The van der Waals surface area contributed by atoms with Crippen LogP contribution in [0.15, 0.2) is 24.3 Å². The van der Waals surface area contributed by atoms with E-state index in [2.05, 4.69) is 5.32 Å². The highest BCUT2D eigenvalue weighted by molar-refractivity contribution is 6.30. The Morgan fingerprint density at radius 2 is 2.07 bits per heavy atom. The molecule has 0 radical (unpaired) electrons. The summed E-state index contributed by atoms with van der Waals surface area (Å²) >= 11 is 5.71. The Balaban J connectivity index is 2.55. The van der Waals surface area contributed by atoms with Crippen molar-refractivity contribution in [3.63, 3.8) is 0 Å². The van der Waals surface area contributed by atoms with Crippen LogP contribution >= 0.6 is 11.6 Å². The van der Waals surface area contributed by atoms with Crippen molar-refractivity contribution in [2.45, 2.75) is 6.42 Å². The Morgan fingerprint density at radius 3 is 2.67 bits per heavy atom. The number of halogens is 1. The first-order valence-electron chi connectivity index (χ1n) is 4.16. The molecular formula is C9H10ClN3O2. The Kier molecular flexibility index (Phi) is 4.08. The van der Waals surface area contributed by atoms with E-state index in [-0.39, 0.29) is 6.42 Å². The zero-order valence-corrected chi connectivity index (χ0v) is 8.54. The lowest BCUT2D eigenvalue weighted by molar-refractivity contribution is -0.126. The minimum atomic E-state index is -0.547. The van der Waals surface area contributed by atoms with Crippen LogP contribution in [0.4, 0.5) is 5.69 Å². The molecule has 80 valence electrons. The molecular weight excluding hydrogens is 218 g/mol. The number of nitrogens with one attached hydrogen (secondary N) is 2. The molecule has 0 fully saturated rings. The van der Waals surface area contributed by atoms with E-state index in [1.807, 2.05) is 5.43 Å². The number of amides is 2. The molecule has 0 aliphatic carbocycles. The van der Waals surface area contributed by atoms with E-state index in [0.29, 0.717) is 10.7 Å². The number of nitrogens with two attached hydrogens (primary N) is 1. The third-order valence-corrected chi connectivity index (χ3v) is 1.83. The Morgan fingerprint density at radius 1 is 1.33 bits per heavy atom. The lowest BCUT2D eigenvalue weighted by Gasteiger charge is -2.04. The number of benzene rings is 1. The van der Waals surface area contributed by atoms with E-state index in [1.165, 1.54) is 0 Å². The topological polar surface area (TPSA) is 84.2 Å². The first kappa shape index (κ1) is 11.5.